The topological polar surface area (TPSA) is 52.3 Å². The predicted octanol–water partition coefficient (Wildman–Crippen LogP) is 2.98. The highest BCUT2D eigenvalue weighted by atomic mass is 16.5. The van der Waals surface area contributed by atoms with Gasteiger partial charge in [-0.05, 0) is 43.4 Å². The molecule has 1 fully saturated rings. The fourth-order valence-electron chi connectivity index (χ4n) is 3.09. The van der Waals surface area contributed by atoms with Crippen molar-refractivity contribution in [2.75, 3.05) is 6.54 Å². The Bertz CT molecular complexity index is 255. The van der Waals surface area contributed by atoms with Crippen molar-refractivity contribution in [3.63, 3.8) is 0 Å². The van der Waals surface area contributed by atoms with E-state index >= 15 is 0 Å². The van der Waals surface area contributed by atoms with Gasteiger partial charge in [0.2, 0.25) is 0 Å². The lowest BCUT2D eigenvalue weighted by molar-refractivity contribution is -0.157. The van der Waals surface area contributed by atoms with E-state index in [0.717, 1.165) is 19.3 Å². The number of carbonyl (C=O) groups excluding carboxylic acids is 1. The highest BCUT2D eigenvalue weighted by Crippen LogP contribution is 2.31. The van der Waals surface area contributed by atoms with E-state index in [4.69, 9.17) is 10.5 Å². The van der Waals surface area contributed by atoms with Crippen molar-refractivity contribution in [3.8, 4) is 0 Å². The minimum atomic E-state index is -0.127. The minimum absolute atomic E-state index is 0.0856. The van der Waals surface area contributed by atoms with Crippen LogP contribution in [-0.4, -0.2) is 18.6 Å². The normalized spacial score (nSPS) is 30.2. The zero-order valence-corrected chi connectivity index (χ0v) is 12.3. The third-order valence-corrected chi connectivity index (χ3v) is 3.79. The summed E-state index contributed by atoms with van der Waals surface area (Å²) in [6.07, 6.45) is 4.20. The summed E-state index contributed by atoms with van der Waals surface area (Å²) in [5.74, 6) is 1.59. The average Bonchev–Trinajstić information content (AvgIpc) is 2.23. The Morgan fingerprint density at radius 1 is 1.22 bits per heavy atom. The Morgan fingerprint density at radius 3 is 2.22 bits per heavy atom. The number of carbonyl (C=O) groups is 1. The molecule has 1 saturated carbocycles. The van der Waals surface area contributed by atoms with Gasteiger partial charge in [-0.3, -0.25) is 4.79 Å². The van der Waals surface area contributed by atoms with Gasteiger partial charge in [0.15, 0.2) is 0 Å². The maximum atomic E-state index is 12.1. The summed E-state index contributed by atoms with van der Waals surface area (Å²) in [7, 11) is 0. The summed E-state index contributed by atoms with van der Waals surface area (Å²) >= 11 is 0. The summed E-state index contributed by atoms with van der Waals surface area (Å²) in [6, 6.07) is 0. The molecule has 1 aliphatic rings. The summed E-state index contributed by atoms with van der Waals surface area (Å²) in [4.78, 5) is 12.1. The van der Waals surface area contributed by atoms with Crippen LogP contribution in [0.5, 0.6) is 0 Å². The summed E-state index contributed by atoms with van der Waals surface area (Å²) in [6.45, 7) is 9.10. The summed E-state index contributed by atoms with van der Waals surface area (Å²) < 4.78 is 5.67. The number of hydrogen-bond acceptors (Lipinski definition) is 3. The van der Waals surface area contributed by atoms with E-state index in [1.54, 1.807) is 0 Å². The maximum Gasteiger partial charge on any atom is 0.310 e. The smallest absolute Gasteiger partial charge is 0.310 e. The van der Waals surface area contributed by atoms with Gasteiger partial charge in [-0.1, -0.05) is 27.7 Å². The molecule has 0 heterocycles. The van der Waals surface area contributed by atoms with Gasteiger partial charge in [0.25, 0.3) is 0 Å². The summed E-state index contributed by atoms with van der Waals surface area (Å²) in [5.41, 5.74) is 5.68. The van der Waals surface area contributed by atoms with Gasteiger partial charge < -0.3 is 10.5 Å². The summed E-state index contributed by atoms with van der Waals surface area (Å²) in [5, 5.41) is 0. The van der Waals surface area contributed by atoms with Crippen LogP contribution in [0.1, 0.15) is 53.4 Å². The monoisotopic (exact) mass is 255 g/mol. The number of esters is 1. The van der Waals surface area contributed by atoms with Gasteiger partial charge in [0.1, 0.15) is 6.10 Å². The van der Waals surface area contributed by atoms with Crippen molar-refractivity contribution in [2.45, 2.75) is 59.5 Å². The molecule has 18 heavy (non-hydrogen) atoms. The molecule has 0 aliphatic heterocycles. The highest BCUT2D eigenvalue weighted by molar-refractivity contribution is 5.72. The van der Waals surface area contributed by atoms with E-state index in [1.807, 2.05) is 0 Å². The molecule has 0 spiro atoms. The molecule has 3 atom stereocenters. The van der Waals surface area contributed by atoms with Gasteiger partial charge in [-0.2, -0.15) is 0 Å². The van der Waals surface area contributed by atoms with Crippen LogP contribution >= 0.6 is 0 Å². The van der Waals surface area contributed by atoms with Crippen LogP contribution in [0.2, 0.25) is 0 Å². The quantitative estimate of drug-likeness (QED) is 0.768. The van der Waals surface area contributed by atoms with E-state index in [9.17, 15) is 4.79 Å². The van der Waals surface area contributed by atoms with Crippen LogP contribution in [0.15, 0.2) is 0 Å². The molecule has 0 saturated heterocycles. The van der Waals surface area contributed by atoms with Crippen LogP contribution in [-0.2, 0) is 9.53 Å². The van der Waals surface area contributed by atoms with Crippen molar-refractivity contribution >= 4 is 5.97 Å². The minimum Gasteiger partial charge on any atom is -0.462 e. The molecule has 0 amide bonds. The Balaban J connectivity index is 2.47. The third-order valence-electron chi connectivity index (χ3n) is 3.79. The molecular weight excluding hydrogens is 226 g/mol. The van der Waals surface area contributed by atoms with E-state index < -0.39 is 0 Å². The Labute approximate surface area is 111 Å². The van der Waals surface area contributed by atoms with Crippen molar-refractivity contribution < 1.29 is 9.53 Å². The van der Waals surface area contributed by atoms with Crippen molar-refractivity contribution in [3.05, 3.63) is 0 Å². The average molecular weight is 255 g/mol. The highest BCUT2D eigenvalue weighted by Gasteiger charge is 2.29. The molecule has 0 aromatic heterocycles. The molecular formula is C15H29NO2. The maximum absolute atomic E-state index is 12.1. The van der Waals surface area contributed by atoms with Crippen molar-refractivity contribution in [1.29, 1.82) is 0 Å². The number of ether oxygens (including phenoxy) is 1. The number of rotatable bonds is 5. The van der Waals surface area contributed by atoms with Crippen LogP contribution in [0.4, 0.5) is 0 Å². The largest absolute Gasteiger partial charge is 0.462 e. The second-order valence-electron chi connectivity index (χ2n) is 6.54. The molecule has 0 aromatic carbocycles. The number of hydrogen-bond donors (Lipinski definition) is 1. The van der Waals surface area contributed by atoms with Gasteiger partial charge in [-0.25, -0.2) is 0 Å². The molecule has 1 rings (SSSR count). The lowest BCUT2D eigenvalue weighted by Crippen LogP contribution is -2.34. The van der Waals surface area contributed by atoms with Crippen LogP contribution in [0.3, 0.4) is 0 Å². The molecule has 0 radical (unpaired) electrons. The molecule has 0 bridgehead atoms. The fraction of sp³-hybridized carbons (Fsp3) is 0.933. The van der Waals surface area contributed by atoms with E-state index in [1.165, 1.54) is 6.42 Å². The molecule has 106 valence electrons. The van der Waals surface area contributed by atoms with E-state index in [-0.39, 0.29) is 18.0 Å². The van der Waals surface area contributed by atoms with Crippen molar-refractivity contribution in [1.82, 2.24) is 0 Å². The molecule has 2 N–H and O–H groups in total. The molecule has 1 aliphatic carbocycles. The van der Waals surface area contributed by atoms with Gasteiger partial charge in [-0.15, -0.1) is 0 Å². The molecule has 0 aromatic rings. The Kier molecular flexibility index (Phi) is 6.13. The standard InChI is InChI=1S/C15H29NO2/c1-10(2)5-13(9-16)15(17)18-14-7-11(3)6-12(4)8-14/h10-14H,5-9,16H2,1-4H3. The first-order chi connectivity index (χ1) is 8.42. The van der Waals surface area contributed by atoms with Crippen LogP contribution in [0.25, 0.3) is 0 Å². The first-order valence-corrected chi connectivity index (χ1v) is 7.32. The zero-order chi connectivity index (χ0) is 13.7. The lowest BCUT2D eigenvalue weighted by atomic mass is 9.81. The van der Waals surface area contributed by atoms with Crippen LogP contribution < -0.4 is 5.73 Å². The zero-order valence-electron chi connectivity index (χ0n) is 12.3. The van der Waals surface area contributed by atoms with Crippen molar-refractivity contribution in [2.24, 2.45) is 29.4 Å². The second kappa shape index (κ2) is 7.13. The van der Waals surface area contributed by atoms with Gasteiger partial charge >= 0.3 is 5.97 Å². The predicted molar refractivity (Wildman–Crippen MR) is 74.1 cm³/mol. The van der Waals surface area contributed by atoms with Gasteiger partial charge in [0.05, 0.1) is 5.92 Å². The molecule has 3 heteroatoms. The lowest BCUT2D eigenvalue weighted by Gasteiger charge is -2.32. The van der Waals surface area contributed by atoms with E-state index in [0.29, 0.717) is 24.3 Å². The Morgan fingerprint density at radius 2 is 1.78 bits per heavy atom. The van der Waals surface area contributed by atoms with Crippen LogP contribution in [0, 0.1) is 23.7 Å². The second-order valence-corrected chi connectivity index (χ2v) is 6.54. The van der Waals surface area contributed by atoms with Gasteiger partial charge in [0, 0.05) is 6.54 Å². The molecule has 3 nitrogen and oxygen atoms in total. The fourth-order valence-corrected chi connectivity index (χ4v) is 3.09. The Hall–Kier alpha value is -0.570. The number of nitrogens with two attached hydrogens (primary N) is 1. The first-order valence-electron chi connectivity index (χ1n) is 7.32. The van der Waals surface area contributed by atoms with E-state index in [2.05, 4.69) is 27.7 Å². The third kappa shape index (κ3) is 4.97. The SMILES string of the molecule is CC(C)CC(CN)C(=O)OC1CC(C)CC(C)C1. The first kappa shape index (κ1) is 15.5. The molecule has 3 unspecified atom stereocenters.